The Morgan fingerprint density at radius 1 is 0.439 bits per heavy atom. The zero-order valence-corrected chi connectivity index (χ0v) is 23.2. The van der Waals surface area contributed by atoms with E-state index in [0.717, 1.165) is 33.4 Å². The van der Waals surface area contributed by atoms with Crippen molar-refractivity contribution in [2.75, 3.05) is 0 Å². The number of carbonyl (C=O) groups is 1. The molecule has 0 aliphatic rings. The van der Waals surface area contributed by atoms with Gasteiger partial charge in [-0.05, 0) is 115 Å². The molecule has 0 bridgehead atoms. The monoisotopic (exact) mass is 544 g/mol. The van der Waals surface area contributed by atoms with E-state index in [9.17, 15) is 25.2 Å². The van der Waals surface area contributed by atoms with E-state index in [0.29, 0.717) is 5.56 Å². The molecular formula is C36H32O5. The lowest BCUT2D eigenvalue weighted by Gasteiger charge is -2.36. The Hall–Kier alpha value is -5.03. The van der Waals surface area contributed by atoms with Crippen molar-refractivity contribution in [2.24, 2.45) is 0 Å². The zero-order valence-electron chi connectivity index (χ0n) is 23.2. The summed E-state index contributed by atoms with van der Waals surface area (Å²) >= 11 is 0. The van der Waals surface area contributed by atoms with Gasteiger partial charge in [-0.1, -0.05) is 54.6 Å². The summed E-state index contributed by atoms with van der Waals surface area (Å²) in [6.07, 6.45) is 0. The summed E-state index contributed by atoms with van der Waals surface area (Å²) in [4.78, 5) is 13.0. The molecule has 0 atom stereocenters. The lowest BCUT2D eigenvalue weighted by molar-refractivity contribution is 0.101. The van der Waals surface area contributed by atoms with E-state index in [1.54, 1.807) is 55.5 Å². The van der Waals surface area contributed by atoms with E-state index in [4.69, 9.17) is 0 Å². The number of hydrogen-bond acceptors (Lipinski definition) is 5. The second-order valence-electron chi connectivity index (χ2n) is 10.8. The average Bonchev–Trinajstić information content (AvgIpc) is 2.97. The molecular weight excluding hydrogens is 512 g/mol. The number of Topliss-reactive ketones (excluding diaryl/α,β-unsaturated/α-hetero) is 1. The topological polar surface area (TPSA) is 98.0 Å². The molecule has 0 radical (unpaired) electrons. The molecule has 41 heavy (non-hydrogen) atoms. The van der Waals surface area contributed by atoms with Crippen molar-refractivity contribution in [3.8, 4) is 23.0 Å². The zero-order chi connectivity index (χ0) is 29.4. The van der Waals surface area contributed by atoms with Gasteiger partial charge in [0.15, 0.2) is 5.78 Å². The average molecular weight is 545 g/mol. The van der Waals surface area contributed by atoms with E-state index in [1.165, 1.54) is 0 Å². The first-order valence-electron chi connectivity index (χ1n) is 13.4. The van der Waals surface area contributed by atoms with Gasteiger partial charge in [-0.3, -0.25) is 4.79 Å². The quantitative estimate of drug-likeness (QED) is 0.126. The number of phenolic OH excluding ortho intramolecular Hbond substituents is 4. The summed E-state index contributed by atoms with van der Waals surface area (Å²) in [7, 11) is 0. The van der Waals surface area contributed by atoms with Crippen molar-refractivity contribution < 1.29 is 25.2 Å². The third-order valence-corrected chi connectivity index (χ3v) is 8.27. The fourth-order valence-electron chi connectivity index (χ4n) is 5.59. The van der Waals surface area contributed by atoms with Crippen molar-refractivity contribution in [3.05, 3.63) is 154 Å². The minimum Gasteiger partial charge on any atom is -0.508 e. The summed E-state index contributed by atoms with van der Waals surface area (Å²) in [5.41, 5.74) is 4.25. The summed E-state index contributed by atoms with van der Waals surface area (Å²) in [6.45, 7) is 5.67. The van der Waals surface area contributed by atoms with Crippen molar-refractivity contribution in [1.82, 2.24) is 0 Å². The molecule has 0 unspecified atom stereocenters. The summed E-state index contributed by atoms with van der Waals surface area (Å²) in [5, 5.41) is 40.2. The minimum atomic E-state index is -0.771. The van der Waals surface area contributed by atoms with Gasteiger partial charge >= 0.3 is 0 Å². The van der Waals surface area contributed by atoms with Gasteiger partial charge in [0.05, 0.1) is 0 Å². The Bertz CT molecular complexity index is 1470. The van der Waals surface area contributed by atoms with Crippen LogP contribution in [-0.2, 0) is 10.8 Å². The minimum absolute atomic E-state index is 0.0920. The summed E-state index contributed by atoms with van der Waals surface area (Å²) in [6, 6.07) is 33.9. The molecule has 0 saturated heterocycles. The van der Waals surface area contributed by atoms with E-state index in [1.807, 2.05) is 60.7 Å². The molecule has 5 rings (SSSR count). The van der Waals surface area contributed by atoms with Crippen LogP contribution in [0, 0.1) is 0 Å². The molecule has 5 heteroatoms. The molecule has 0 spiro atoms. The van der Waals surface area contributed by atoms with Gasteiger partial charge < -0.3 is 20.4 Å². The molecule has 0 aliphatic carbocycles. The molecule has 0 saturated carbocycles. The van der Waals surface area contributed by atoms with Crippen LogP contribution in [-0.4, -0.2) is 26.2 Å². The van der Waals surface area contributed by atoms with Gasteiger partial charge in [0, 0.05) is 16.4 Å². The lowest BCUT2D eigenvalue weighted by atomic mass is 9.66. The first-order chi connectivity index (χ1) is 19.5. The van der Waals surface area contributed by atoms with Crippen LogP contribution in [0.2, 0.25) is 0 Å². The Balaban J connectivity index is 1.84. The van der Waals surface area contributed by atoms with Gasteiger partial charge in [-0.15, -0.1) is 0 Å². The number of aromatic hydroxyl groups is 4. The van der Waals surface area contributed by atoms with Crippen molar-refractivity contribution in [3.63, 3.8) is 0 Å². The number of ketones is 1. The molecule has 0 heterocycles. The maximum atomic E-state index is 13.0. The van der Waals surface area contributed by atoms with E-state index in [-0.39, 0.29) is 28.8 Å². The van der Waals surface area contributed by atoms with Gasteiger partial charge in [0.2, 0.25) is 0 Å². The molecule has 5 nitrogen and oxygen atoms in total. The highest BCUT2D eigenvalue weighted by atomic mass is 16.3. The highest BCUT2D eigenvalue weighted by molar-refractivity contribution is 5.94. The van der Waals surface area contributed by atoms with Gasteiger partial charge in [-0.25, -0.2) is 0 Å². The molecule has 4 N–H and O–H groups in total. The fraction of sp³-hybridized carbons (Fsp3) is 0.139. The van der Waals surface area contributed by atoms with E-state index >= 15 is 0 Å². The normalized spacial score (nSPS) is 11.8. The van der Waals surface area contributed by atoms with Gasteiger partial charge in [0.1, 0.15) is 23.0 Å². The Morgan fingerprint density at radius 2 is 0.683 bits per heavy atom. The van der Waals surface area contributed by atoms with Crippen molar-refractivity contribution in [1.29, 1.82) is 0 Å². The predicted molar refractivity (Wildman–Crippen MR) is 160 cm³/mol. The molecule has 206 valence electrons. The third-order valence-electron chi connectivity index (χ3n) is 8.27. The first-order valence-corrected chi connectivity index (χ1v) is 13.4. The van der Waals surface area contributed by atoms with Crippen LogP contribution in [0.15, 0.2) is 115 Å². The van der Waals surface area contributed by atoms with Crippen molar-refractivity contribution in [2.45, 2.75) is 31.6 Å². The third kappa shape index (κ3) is 5.03. The van der Waals surface area contributed by atoms with Crippen LogP contribution in [0.25, 0.3) is 0 Å². The van der Waals surface area contributed by atoms with Crippen molar-refractivity contribution >= 4 is 5.78 Å². The summed E-state index contributed by atoms with van der Waals surface area (Å²) in [5.74, 6) is 0.490. The van der Waals surface area contributed by atoms with Crippen LogP contribution < -0.4 is 0 Å². The summed E-state index contributed by atoms with van der Waals surface area (Å²) < 4.78 is 0. The first kappa shape index (κ1) is 27.5. The second kappa shape index (κ2) is 10.5. The highest BCUT2D eigenvalue weighted by Gasteiger charge is 2.36. The molecule has 0 fully saturated rings. The standard InChI is InChI=1S/C36H32O5/c1-23(37)24-20-29(35(2,25-4-12-31(38)13-5-25)26-6-14-32(39)15-7-26)22-30(21-24)36(3,27-8-16-33(40)17-9-27)28-10-18-34(41)19-11-28/h4-22,38-41H,1-3H3. The number of benzene rings is 5. The molecule has 5 aromatic carbocycles. The van der Waals surface area contributed by atoms with Crippen LogP contribution in [0.1, 0.15) is 64.5 Å². The molecule has 0 aliphatic heterocycles. The van der Waals surface area contributed by atoms with E-state index in [2.05, 4.69) is 19.9 Å². The van der Waals surface area contributed by atoms with Gasteiger partial charge in [-0.2, -0.15) is 0 Å². The number of hydrogen-bond donors (Lipinski definition) is 4. The smallest absolute Gasteiger partial charge is 0.159 e. The molecule has 0 amide bonds. The highest BCUT2D eigenvalue weighted by Crippen LogP contribution is 2.45. The fourth-order valence-corrected chi connectivity index (χ4v) is 5.59. The van der Waals surface area contributed by atoms with Crippen LogP contribution >= 0.6 is 0 Å². The van der Waals surface area contributed by atoms with Gasteiger partial charge in [0.25, 0.3) is 0 Å². The van der Waals surface area contributed by atoms with Crippen LogP contribution in [0.3, 0.4) is 0 Å². The number of phenols is 4. The van der Waals surface area contributed by atoms with E-state index < -0.39 is 10.8 Å². The molecule has 0 aromatic heterocycles. The number of rotatable bonds is 7. The Morgan fingerprint density at radius 3 is 0.902 bits per heavy atom. The lowest BCUT2D eigenvalue weighted by Crippen LogP contribution is -2.29. The van der Waals surface area contributed by atoms with Crippen LogP contribution in [0.5, 0.6) is 23.0 Å². The maximum absolute atomic E-state index is 13.0. The molecule has 5 aromatic rings. The largest absolute Gasteiger partial charge is 0.508 e. The Kier molecular flexibility index (Phi) is 7.06. The SMILES string of the molecule is CC(=O)c1cc(C(C)(c2ccc(O)cc2)c2ccc(O)cc2)cc(C(C)(c2ccc(O)cc2)c2ccc(O)cc2)c1. The number of carbonyl (C=O) groups excluding carboxylic acids is 1. The predicted octanol–water partition coefficient (Wildman–Crippen LogP) is 7.42. The Labute approximate surface area is 239 Å². The second-order valence-corrected chi connectivity index (χ2v) is 10.8. The van der Waals surface area contributed by atoms with Crippen LogP contribution in [0.4, 0.5) is 0 Å². The maximum Gasteiger partial charge on any atom is 0.159 e.